The highest BCUT2D eigenvalue weighted by Crippen LogP contribution is 2.46. The topological polar surface area (TPSA) is 105 Å². The minimum atomic E-state index is -2.21. The van der Waals surface area contributed by atoms with Gasteiger partial charge in [0.15, 0.2) is 22.9 Å². The molecule has 0 spiro atoms. The molecular weight excluding hydrogens is 452 g/mol. The van der Waals surface area contributed by atoms with Crippen molar-refractivity contribution in [3.8, 4) is 0 Å². The Morgan fingerprint density at radius 1 is 1.00 bits per heavy atom. The van der Waals surface area contributed by atoms with E-state index >= 15 is 0 Å². The lowest BCUT2D eigenvalue weighted by Gasteiger charge is -2.44. The molecule has 3 N–H and O–H groups in total. The van der Waals surface area contributed by atoms with E-state index in [0.717, 1.165) is 5.39 Å². The summed E-state index contributed by atoms with van der Waals surface area (Å²) in [5.74, 6) is 0.423. The van der Waals surface area contributed by atoms with Crippen LogP contribution in [0.1, 0.15) is 47.8 Å². The summed E-state index contributed by atoms with van der Waals surface area (Å²) in [6.45, 7) is 22.0. The molecule has 2 aromatic heterocycles. The highest BCUT2D eigenvalue weighted by molar-refractivity contribution is 6.74. The second kappa shape index (κ2) is 8.73. The number of aliphatic hydroxyl groups excluding tert-OH is 1. The number of nitrogens with zero attached hydrogens (tertiary/aromatic N) is 3. The number of ether oxygens (including phenoxy) is 1. The molecule has 0 radical (unpaired) electrons. The molecule has 10 heteroatoms. The van der Waals surface area contributed by atoms with Crippen LogP contribution in [0.3, 0.4) is 0 Å². The van der Waals surface area contributed by atoms with E-state index in [1.54, 1.807) is 0 Å². The molecule has 3 heterocycles. The smallest absolute Gasteiger partial charge is 0.192 e. The van der Waals surface area contributed by atoms with Gasteiger partial charge in [-0.3, -0.25) is 0 Å². The molecule has 33 heavy (non-hydrogen) atoms. The Kier molecular flexibility index (Phi) is 6.95. The van der Waals surface area contributed by atoms with Crippen molar-refractivity contribution in [2.45, 2.75) is 102 Å². The number of rotatable bonds is 6. The summed E-state index contributed by atoms with van der Waals surface area (Å²) < 4.78 is 22.3. The zero-order valence-electron chi connectivity index (χ0n) is 21.8. The number of hydrogen-bond donors (Lipinski definition) is 2. The van der Waals surface area contributed by atoms with E-state index < -0.39 is 41.2 Å². The first-order valence-corrected chi connectivity index (χ1v) is 17.5. The highest BCUT2D eigenvalue weighted by atomic mass is 28.4. The molecule has 0 saturated carbocycles. The number of anilines is 1. The fourth-order valence-electron chi connectivity index (χ4n) is 3.58. The average molecular weight is 495 g/mol. The van der Waals surface area contributed by atoms with Crippen molar-refractivity contribution in [3.05, 3.63) is 18.6 Å². The average Bonchev–Trinajstić information content (AvgIpc) is 3.22. The number of nitrogen functional groups attached to an aromatic ring is 1. The maximum absolute atomic E-state index is 10.3. The van der Waals surface area contributed by atoms with E-state index in [1.165, 1.54) is 6.33 Å². The normalized spacial score (nSPS) is 25.2. The van der Waals surface area contributed by atoms with E-state index in [2.05, 4.69) is 77.7 Å². The van der Waals surface area contributed by atoms with Gasteiger partial charge in [0.1, 0.15) is 36.1 Å². The van der Waals surface area contributed by atoms with Crippen molar-refractivity contribution in [2.24, 2.45) is 0 Å². The van der Waals surface area contributed by atoms with Gasteiger partial charge in [0.2, 0.25) is 0 Å². The Labute approximate surface area is 200 Å². The SMILES string of the molecule is CC(C)(C)[Si](C)(C)O[C@@H]1[C@H](O[Si](C)(C)C(C)(C)C)[C@@H](CO)O[C@H]1n1ccc2c(N)ncnc21. The third-order valence-corrected chi connectivity index (χ3v) is 16.7. The molecule has 8 nitrogen and oxygen atoms in total. The predicted molar refractivity (Wildman–Crippen MR) is 137 cm³/mol. The summed E-state index contributed by atoms with van der Waals surface area (Å²) in [5.41, 5.74) is 6.77. The fourth-order valence-corrected chi connectivity index (χ4v) is 6.18. The van der Waals surface area contributed by atoms with Gasteiger partial charge in [-0.15, -0.1) is 0 Å². The van der Waals surface area contributed by atoms with Crippen molar-refractivity contribution >= 4 is 33.5 Å². The number of fused-ring (bicyclic) bond motifs is 1. The number of aromatic nitrogens is 3. The van der Waals surface area contributed by atoms with Crippen LogP contribution in [-0.2, 0) is 13.6 Å². The zero-order chi connectivity index (χ0) is 25.0. The monoisotopic (exact) mass is 494 g/mol. The summed E-state index contributed by atoms with van der Waals surface area (Å²) in [5, 5.41) is 11.1. The summed E-state index contributed by atoms with van der Waals surface area (Å²) in [6.07, 6.45) is 1.56. The maximum atomic E-state index is 10.3. The van der Waals surface area contributed by atoms with Crippen molar-refractivity contribution in [1.82, 2.24) is 14.5 Å². The van der Waals surface area contributed by atoms with E-state index in [-0.39, 0.29) is 16.7 Å². The quantitative estimate of drug-likeness (QED) is 0.562. The summed E-state index contributed by atoms with van der Waals surface area (Å²) >= 11 is 0. The Hall–Kier alpha value is -1.31. The Bertz CT molecular complexity index is 981. The lowest BCUT2D eigenvalue weighted by atomic mass is 10.1. The van der Waals surface area contributed by atoms with Gasteiger partial charge in [0, 0.05) is 6.20 Å². The molecule has 1 aliphatic rings. The first-order chi connectivity index (χ1) is 15.0. The molecule has 4 atom stereocenters. The van der Waals surface area contributed by atoms with Crippen molar-refractivity contribution in [1.29, 1.82) is 0 Å². The third-order valence-electron chi connectivity index (χ3n) is 7.75. The van der Waals surface area contributed by atoms with Gasteiger partial charge < -0.3 is 29.0 Å². The van der Waals surface area contributed by atoms with E-state index in [0.29, 0.717) is 11.5 Å². The second-order valence-electron chi connectivity index (χ2n) is 12.2. The van der Waals surface area contributed by atoms with Crippen LogP contribution in [0.25, 0.3) is 11.0 Å². The predicted octanol–water partition coefficient (Wildman–Crippen LogP) is 4.68. The van der Waals surface area contributed by atoms with Gasteiger partial charge in [0.05, 0.1) is 12.0 Å². The minimum Gasteiger partial charge on any atom is -0.408 e. The number of hydrogen-bond acceptors (Lipinski definition) is 7. The van der Waals surface area contributed by atoms with Gasteiger partial charge >= 0.3 is 0 Å². The number of nitrogens with two attached hydrogens (primary N) is 1. The van der Waals surface area contributed by atoms with E-state index in [9.17, 15) is 5.11 Å². The van der Waals surface area contributed by atoms with Gasteiger partial charge in [-0.2, -0.15) is 0 Å². The van der Waals surface area contributed by atoms with Crippen molar-refractivity contribution < 1.29 is 18.7 Å². The molecule has 0 bridgehead atoms. The van der Waals surface area contributed by atoms with Crippen LogP contribution in [0.2, 0.25) is 36.3 Å². The second-order valence-corrected chi connectivity index (χ2v) is 21.7. The summed E-state index contributed by atoms with van der Waals surface area (Å²) in [7, 11) is -4.38. The molecule has 1 fully saturated rings. The molecule has 3 rings (SSSR count). The molecule has 2 aromatic rings. The fraction of sp³-hybridized carbons (Fsp3) is 0.739. The van der Waals surface area contributed by atoms with E-state index in [1.807, 2.05) is 16.8 Å². The molecule has 0 aromatic carbocycles. The number of aliphatic hydroxyl groups is 1. The maximum Gasteiger partial charge on any atom is 0.192 e. The first-order valence-electron chi connectivity index (χ1n) is 11.7. The molecule has 0 aliphatic carbocycles. The van der Waals surface area contributed by atoms with Crippen LogP contribution in [0.4, 0.5) is 5.82 Å². The largest absolute Gasteiger partial charge is 0.408 e. The Morgan fingerprint density at radius 2 is 1.55 bits per heavy atom. The van der Waals surface area contributed by atoms with Crippen LogP contribution in [0, 0.1) is 0 Å². The lowest BCUT2D eigenvalue weighted by Crippen LogP contribution is -2.53. The first kappa shape index (κ1) is 26.3. The van der Waals surface area contributed by atoms with Gasteiger partial charge in [-0.05, 0) is 42.3 Å². The summed E-state index contributed by atoms with van der Waals surface area (Å²) in [4.78, 5) is 8.58. The van der Waals surface area contributed by atoms with Crippen LogP contribution >= 0.6 is 0 Å². The Balaban J connectivity index is 2.10. The van der Waals surface area contributed by atoms with Crippen LogP contribution in [-0.4, -0.2) is 61.2 Å². The van der Waals surface area contributed by atoms with Crippen molar-refractivity contribution in [3.63, 3.8) is 0 Å². The van der Waals surface area contributed by atoms with Gasteiger partial charge in [-0.1, -0.05) is 41.5 Å². The highest BCUT2D eigenvalue weighted by Gasteiger charge is 2.54. The Morgan fingerprint density at radius 3 is 2.06 bits per heavy atom. The molecule has 0 unspecified atom stereocenters. The molecular formula is C23H42N4O4Si2. The van der Waals surface area contributed by atoms with Crippen LogP contribution in [0.5, 0.6) is 0 Å². The lowest BCUT2D eigenvalue weighted by molar-refractivity contribution is -0.0488. The molecule has 186 valence electrons. The molecule has 1 saturated heterocycles. The molecule has 1 aliphatic heterocycles. The minimum absolute atomic E-state index is 0.00172. The van der Waals surface area contributed by atoms with Crippen LogP contribution in [0.15, 0.2) is 18.6 Å². The third kappa shape index (κ3) is 4.92. The zero-order valence-corrected chi connectivity index (χ0v) is 23.8. The van der Waals surface area contributed by atoms with E-state index in [4.69, 9.17) is 19.3 Å². The van der Waals surface area contributed by atoms with Gasteiger partial charge in [-0.25, -0.2) is 9.97 Å². The summed E-state index contributed by atoms with van der Waals surface area (Å²) in [6, 6.07) is 1.90. The molecule has 0 amide bonds. The van der Waals surface area contributed by atoms with Crippen LogP contribution < -0.4 is 5.73 Å². The van der Waals surface area contributed by atoms with Crippen molar-refractivity contribution in [2.75, 3.05) is 12.3 Å². The standard InChI is InChI=1S/C23H42N4O4Si2/c1-22(2,3)32(7,8)30-17-16(13-28)29-21(18(17)31-33(9,10)23(4,5)6)27-12-11-15-19(24)25-14-26-20(15)27/h11-12,14,16-18,21,28H,13H2,1-10H3,(H2,24,25,26)/t16-,17-,18-,21-/m1/s1. The van der Waals surface area contributed by atoms with Gasteiger partial charge in [0.25, 0.3) is 0 Å².